The molecule has 2 fully saturated rings. The molecule has 0 aromatic rings. The zero-order chi connectivity index (χ0) is 15.4. The van der Waals surface area contributed by atoms with Crippen LogP contribution in [-0.4, -0.2) is 60.4 Å². The quantitative estimate of drug-likeness (QED) is 0.853. The lowest BCUT2D eigenvalue weighted by Crippen LogP contribution is -2.56. The van der Waals surface area contributed by atoms with Crippen LogP contribution < -0.4 is 5.32 Å². The van der Waals surface area contributed by atoms with Gasteiger partial charge in [0.1, 0.15) is 0 Å². The molecule has 2 saturated heterocycles. The van der Waals surface area contributed by atoms with Gasteiger partial charge >= 0.3 is 0 Å². The van der Waals surface area contributed by atoms with Crippen LogP contribution in [-0.2, 0) is 9.59 Å². The molecular formula is C16H30ClN3O2. The summed E-state index contributed by atoms with van der Waals surface area (Å²) in [6.07, 6.45) is 2.72. The van der Waals surface area contributed by atoms with Crippen molar-refractivity contribution in [1.82, 2.24) is 15.1 Å². The van der Waals surface area contributed by atoms with E-state index in [-0.39, 0.29) is 42.1 Å². The average Bonchev–Trinajstić information content (AvgIpc) is 2.53. The number of hydrogen-bond acceptors (Lipinski definition) is 3. The molecular weight excluding hydrogens is 302 g/mol. The van der Waals surface area contributed by atoms with Crippen LogP contribution in [0.1, 0.15) is 40.0 Å². The molecule has 0 aromatic heterocycles. The van der Waals surface area contributed by atoms with Crippen molar-refractivity contribution in [3.05, 3.63) is 0 Å². The van der Waals surface area contributed by atoms with E-state index in [0.29, 0.717) is 6.54 Å². The second kappa shape index (κ2) is 8.73. The molecule has 22 heavy (non-hydrogen) atoms. The fourth-order valence-corrected chi connectivity index (χ4v) is 3.27. The van der Waals surface area contributed by atoms with Gasteiger partial charge in [-0.15, -0.1) is 12.4 Å². The maximum atomic E-state index is 12.7. The number of nitrogens with zero attached hydrogens (tertiary/aromatic N) is 2. The van der Waals surface area contributed by atoms with Gasteiger partial charge in [0.2, 0.25) is 11.8 Å². The Bertz CT molecular complexity index is 392. The molecule has 2 heterocycles. The molecule has 2 amide bonds. The van der Waals surface area contributed by atoms with E-state index in [9.17, 15) is 9.59 Å². The topological polar surface area (TPSA) is 52.7 Å². The summed E-state index contributed by atoms with van der Waals surface area (Å²) in [5.41, 5.74) is 0. The highest BCUT2D eigenvalue weighted by Crippen LogP contribution is 2.22. The van der Waals surface area contributed by atoms with Gasteiger partial charge in [-0.1, -0.05) is 13.8 Å². The minimum absolute atomic E-state index is 0. The van der Waals surface area contributed by atoms with Crippen LogP contribution in [0.3, 0.4) is 0 Å². The first-order valence-electron chi connectivity index (χ1n) is 8.34. The Balaban J connectivity index is 0.00000242. The lowest BCUT2D eigenvalue weighted by molar-refractivity contribution is -0.144. The van der Waals surface area contributed by atoms with Crippen molar-refractivity contribution in [2.45, 2.75) is 46.1 Å². The molecule has 5 nitrogen and oxygen atoms in total. The Morgan fingerprint density at radius 1 is 1.32 bits per heavy atom. The van der Waals surface area contributed by atoms with Gasteiger partial charge in [-0.3, -0.25) is 9.59 Å². The van der Waals surface area contributed by atoms with Crippen molar-refractivity contribution in [3.8, 4) is 0 Å². The molecule has 2 aliphatic heterocycles. The van der Waals surface area contributed by atoms with Gasteiger partial charge in [-0.2, -0.15) is 0 Å². The normalized spacial score (nSPS) is 27.0. The van der Waals surface area contributed by atoms with Crippen LogP contribution in [0.2, 0.25) is 0 Å². The Hall–Kier alpha value is -0.810. The number of halogens is 1. The predicted octanol–water partition coefficient (Wildman–Crippen LogP) is 1.51. The summed E-state index contributed by atoms with van der Waals surface area (Å²) in [6.45, 7) is 10.1. The molecule has 0 saturated carbocycles. The Kier molecular flexibility index (Phi) is 7.63. The minimum Gasteiger partial charge on any atom is -0.342 e. The second-order valence-electron chi connectivity index (χ2n) is 6.52. The smallest absolute Gasteiger partial charge is 0.227 e. The number of amides is 2. The summed E-state index contributed by atoms with van der Waals surface area (Å²) >= 11 is 0. The fourth-order valence-electron chi connectivity index (χ4n) is 3.27. The van der Waals surface area contributed by atoms with Gasteiger partial charge < -0.3 is 15.1 Å². The van der Waals surface area contributed by atoms with Crippen LogP contribution in [0.4, 0.5) is 0 Å². The summed E-state index contributed by atoms with van der Waals surface area (Å²) in [5, 5.41) is 3.31. The van der Waals surface area contributed by atoms with Gasteiger partial charge in [0.15, 0.2) is 0 Å². The number of hydrogen-bond donors (Lipinski definition) is 1. The maximum Gasteiger partial charge on any atom is 0.227 e. The second-order valence-corrected chi connectivity index (χ2v) is 6.52. The van der Waals surface area contributed by atoms with Gasteiger partial charge in [-0.25, -0.2) is 0 Å². The van der Waals surface area contributed by atoms with Crippen LogP contribution in [0, 0.1) is 11.8 Å². The lowest BCUT2D eigenvalue weighted by atomic mass is 9.94. The first-order valence-corrected chi connectivity index (χ1v) is 8.34. The number of piperidine rings is 1. The van der Waals surface area contributed by atoms with E-state index in [1.165, 1.54) is 0 Å². The minimum atomic E-state index is -0.00712. The van der Waals surface area contributed by atoms with E-state index < -0.39 is 0 Å². The summed E-state index contributed by atoms with van der Waals surface area (Å²) in [6, 6.07) is 0.256. The van der Waals surface area contributed by atoms with E-state index >= 15 is 0 Å². The number of likely N-dealkylation sites (tertiary alicyclic amines) is 1. The van der Waals surface area contributed by atoms with Crippen LogP contribution in [0.25, 0.3) is 0 Å². The third-order valence-corrected chi connectivity index (χ3v) is 4.90. The first kappa shape index (κ1) is 19.2. The van der Waals surface area contributed by atoms with Crippen molar-refractivity contribution in [2.24, 2.45) is 11.8 Å². The Morgan fingerprint density at radius 2 is 2.05 bits per heavy atom. The highest BCUT2D eigenvalue weighted by atomic mass is 35.5. The molecule has 2 unspecified atom stereocenters. The summed E-state index contributed by atoms with van der Waals surface area (Å²) < 4.78 is 0. The van der Waals surface area contributed by atoms with E-state index in [1.54, 1.807) is 0 Å². The molecule has 0 radical (unpaired) electrons. The number of nitrogens with one attached hydrogen (secondary N) is 1. The third kappa shape index (κ3) is 4.35. The van der Waals surface area contributed by atoms with E-state index in [1.807, 2.05) is 23.6 Å². The summed E-state index contributed by atoms with van der Waals surface area (Å²) in [5.74, 6) is 0.512. The average molecular weight is 332 g/mol. The standard InChI is InChI=1S/C16H29N3O2.ClH/c1-4-12(2)15(20)18-8-5-6-14(11-18)16(21)19-9-7-17-10-13(19)3;/h12-14,17H,4-11H2,1-3H3;1H/t12?,13-,14?;/m0./s1. The summed E-state index contributed by atoms with van der Waals surface area (Å²) in [7, 11) is 0. The van der Waals surface area contributed by atoms with Crippen molar-refractivity contribution >= 4 is 24.2 Å². The molecule has 6 heteroatoms. The van der Waals surface area contributed by atoms with Crippen molar-refractivity contribution in [3.63, 3.8) is 0 Å². The number of carbonyl (C=O) groups excluding carboxylic acids is 2. The monoisotopic (exact) mass is 331 g/mol. The van der Waals surface area contributed by atoms with Crippen molar-refractivity contribution in [2.75, 3.05) is 32.7 Å². The Morgan fingerprint density at radius 3 is 2.68 bits per heavy atom. The maximum absolute atomic E-state index is 12.7. The molecule has 0 aromatic carbocycles. The van der Waals surface area contributed by atoms with Gasteiger partial charge in [0, 0.05) is 44.7 Å². The first-order chi connectivity index (χ1) is 10.0. The molecule has 1 N–H and O–H groups in total. The summed E-state index contributed by atoms with van der Waals surface area (Å²) in [4.78, 5) is 29.0. The third-order valence-electron chi connectivity index (χ3n) is 4.90. The molecule has 0 bridgehead atoms. The molecule has 0 aliphatic carbocycles. The SMILES string of the molecule is CCC(C)C(=O)N1CCCC(C(=O)N2CCNC[C@@H]2C)C1.Cl. The number of piperazine rings is 1. The van der Waals surface area contributed by atoms with Crippen LogP contribution in [0.15, 0.2) is 0 Å². The zero-order valence-electron chi connectivity index (χ0n) is 14.0. The molecule has 3 atom stereocenters. The fraction of sp³-hybridized carbons (Fsp3) is 0.875. The zero-order valence-corrected chi connectivity index (χ0v) is 14.8. The van der Waals surface area contributed by atoms with E-state index in [0.717, 1.165) is 45.4 Å². The highest BCUT2D eigenvalue weighted by molar-refractivity contribution is 5.85. The molecule has 2 aliphatic rings. The Labute approximate surface area is 140 Å². The predicted molar refractivity (Wildman–Crippen MR) is 90.1 cm³/mol. The lowest BCUT2D eigenvalue weighted by Gasteiger charge is -2.39. The van der Waals surface area contributed by atoms with E-state index in [4.69, 9.17) is 0 Å². The van der Waals surface area contributed by atoms with Crippen molar-refractivity contribution in [1.29, 1.82) is 0 Å². The van der Waals surface area contributed by atoms with Gasteiger partial charge in [0.25, 0.3) is 0 Å². The molecule has 0 spiro atoms. The largest absolute Gasteiger partial charge is 0.342 e. The number of rotatable bonds is 3. The van der Waals surface area contributed by atoms with E-state index in [2.05, 4.69) is 12.2 Å². The van der Waals surface area contributed by atoms with Crippen LogP contribution in [0.5, 0.6) is 0 Å². The molecule has 128 valence electrons. The van der Waals surface area contributed by atoms with Crippen molar-refractivity contribution < 1.29 is 9.59 Å². The highest BCUT2D eigenvalue weighted by Gasteiger charge is 2.34. The van der Waals surface area contributed by atoms with Gasteiger partial charge in [0.05, 0.1) is 5.92 Å². The molecule has 2 rings (SSSR count). The van der Waals surface area contributed by atoms with Gasteiger partial charge in [-0.05, 0) is 26.2 Å². The van der Waals surface area contributed by atoms with Crippen LogP contribution >= 0.6 is 12.4 Å². The number of carbonyl (C=O) groups is 2.